The van der Waals surface area contributed by atoms with Crippen molar-refractivity contribution >= 4 is 17.6 Å². The molecular formula is C18H26N4O4. The number of hydrogen-bond donors (Lipinski definition) is 1. The van der Waals surface area contributed by atoms with E-state index in [0.717, 1.165) is 18.8 Å². The van der Waals surface area contributed by atoms with Gasteiger partial charge in [0.1, 0.15) is 0 Å². The standard InChI is InChI=1S/C18H26N4O4/c1-20-6-8-21(9-7-20)18(24)19-13-10-17(23)22(12-13)14-4-5-15(25-2)16(11-14)26-3/h4-5,11,13H,6-10,12H2,1-3H3,(H,19,24)/t13-/m0/s1. The number of carbonyl (C=O) groups excluding carboxylic acids is 2. The second-order valence-electron chi connectivity index (χ2n) is 6.68. The summed E-state index contributed by atoms with van der Waals surface area (Å²) in [5, 5.41) is 2.99. The zero-order valence-electron chi connectivity index (χ0n) is 15.5. The Morgan fingerprint density at radius 3 is 2.46 bits per heavy atom. The van der Waals surface area contributed by atoms with Gasteiger partial charge in [0.15, 0.2) is 11.5 Å². The van der Waals surface area contributed by atoms with Gasteiger partial charge in [0.2, 0.25) is 5.91 Å². The molecule has 0 saturated carbocycles. The van der Waals surface area contributed by atoms with E-state index in [9.17, 15) is 9.59 Å². The smallest absolute Gasteiger partial charge is 0.317 e. The molecule has 142 valence electrons. The number of nitrogens with one attached hydrogen (secondary N) is 1. The van der Waals surface area contributed by atoms with Gasteiger partial charge in [0, 0.05) is 50.9 Å². The zero-order chi connectivity index (χ0) is 18.7. The van der Waals surface area contributed by atoms with Gasteiger partial charge in [0.05, 0.1) is 20.3 Å². The maximum Gasteiger partial charge on any atom is 0.317 e. The predicted molar refractivity (Wildman–Crippen MR) is 97.9 cm³/mol. The molecule has 1 aromatic carbocycles. The molecule has 0 spiro atoms. The Bertz CT molecular complexity index is 673. The molecule has 0 aromatic heterocycles. The molecule has 1 atom stereocenters. The molecule has 0 aliphatic carbocycles. The number of methoxy groups -OCH3 is 2. The SMILES string of the molecule is COc1ccc(N2C[C@@H](NC(=O)N3CCN(C)CC3)CC2=O)cc1OC. The molecule has 8 nitrogen and oxygen atoms in total. The molecule has 3 amide bonds. The van der Waals surface area contributed by atoms with Crippen LogP contribution in [0.5, 0.6) is 11.5 Å². The molecule has 1 N–H and O–H groups in total. The Hall–Kier alpha value is -2.48. The number of likely N-dealkylation sites (N-methyl/N-ethyl adjacent to an activating group) is 1. The molecule has 1 aromatic rings. The topological polar surface area (TPSA) is 74.4 Å². The van der Waals surface area contributed by atoms with Crippen LogP contribution in [0.3, 0.4) is 0 Å². The van der Waals surface area contributed by atoms with Crippen molar-refractivity contribution in [2.75, 3.05) is 58.9 Å². The van der Waals surface area contributed by atoms with E-state index < -0.39 is 0 Å². The van der Waals surface area contributed by atoms with Gasteiger partial charge >= 0.3 is 6.03 Å². The van der Waals surface area contributed by atoms with Crippen LogP contribution in [0.2, 0.25) is 0 Å². The largest absolute Gasteiger partial charge is 0.493 e. The fraction of sp³-hybridized carbons (Fsp3) is 0.556. The molecule has 0 bridgehead atoms. The van der Waals surface area contributed by atoms with Crippen molar-refractivity contribution < 1.29 is 19.1 Å². The zero-order valence-corrected chi connectivity index (χ0v) is 15.5. The minimum Gasteiger partial charge on any atom is -0.493 e. The third kappa shape index (κ3) is 3.85. The minimum atomic E-state index is -0.192. The van der Waals surface area contributed by atoms with Gasteiger partial charge < -0.3 is 29.5 Å². The number of hydrogen-bond acceptors (Lipinski definition) is 5. The van der Waals surface area contributed by atoms with Crippen LogP contribution in [0.1, 0.15) is 6.42 Å². The molecule has 3 rings (SSSR count). The Morgan fingerprint density at radius 1 is 1.12 bits per heavy atom. The number of urea groups is 1. The van der Waals surface area contributed by atoms with E-state index in [0.29, 0.717) is 37.6 Å². The van der Waals surface area contributed by atoms with E-state index in [1.54, 1.807) is 31.3 Å². The fourth-order valence-corrected chi connectivity index (χ4v) is 3.32. The molecule has 26 heavy (non-hydrogen) atoms. The lowest BCUT2D eigenvalue weighted by Gasteiger charge is -2.33. The first kappa shape index (κ1) is 18.3. The third-order valence-corrected chi connectivity index (χ3v) is 4.92. The van der Waals surface area contributed by atoms with E-state index >= 15 is 0 Å². The van der Waals surface area contributed by atoms with Crippen molar-refractivity contribution in [1.29, 1.82) is 0 Å². The second kappa shape index (κ2) is 7.82. The van der Waals surface area contributed by atoms with E-state index in [2.05, 4.69) is 10.2 Å². The number of carbonyl (C=O) groups is 2. The van der Waals surface area contributed by atoms with Crippen LogP contribution in [-0.2, 0) is 4.79 Å². The third-order valence-electron chi connectivity index (χ3n) is 4.92. The summed E-state index contributed by atoms with van der Waals surface area (Å²) < 4.78 is 10.5. The van der Waals surface area contributed by atoms with E-state index in [1.165, 1.54) is 0 Å². The van der Waals surface area contributed by atoms with Crippen LogP contribution in [0.4, 0.5) is 10.5 Å². The fourth-order valence-electron chi connectivity index (χ4n) is 3.32. The Morgan fingerprint density at radius 2 is 1.81 bits per heavy atom. The summed E-state index contributed by atoms with van der Waals surface area (Å²) in [6.45, 7) is 3.61. The highest BCUT2D eigenvalue weighted by atomic mass is 16.5. The van der Waals surface area contributed by atoms with Crippen molar-refractivity contribution in [3.05, 3.63) is 18.2 Å². The molecule has 8 heteroatoms. The van der Waals surface area contributed by atoms with E-state index in [4.69, 9.17) is 9.47 Å². The lowest BCUT2D eigenvalue weighted by atomic mass is 10.2. The highest BCUT2D eigenvalue weighted by Crippen LogP contribution is 2.33. The molecule has 2 aliphatic rings. The number of nitrogens with zero attached hydrogens (tertiary/aromatic N) is 3. The van der Waals surface area contributed by atoms with Crippen molar-refractivity contribution in [3.8, 4) is 11.5 Å². The summed E-state index contributed by atoms with van der Waals surface area (Å²) >= 11 is 0. The molecule has 2 heterocycles. The van der Waals surface area contributed by atoms with Gasteiger partial charge in [-0.25, -0.2) is 4.79 Å². The summed E-state index contributed by atoms with van der Waals surface area (Å²) in [6, 6.07) is 5.09. The number of amides is 3. The summed E-state index contributed by atoms with van der Waals surface area (Å²) in [5.74, 6) is 1.17. The molecule has 0 radical (unpaired) electrons. The number of ether oxygens (including phenoxy) is 2. The second-order valence-corrected chi connectivity index (χ2v) is 6.68. The van der Waals surface area contributed by atoms with Crippen LogP contribution in [0.25, 0.3) is 0 Å². The van der Waals surface area contributed by atoms with Gasteiger partial charge in [0.25, 0.3) is 0 Å². The van der Waals surface area contributed by atoms with Crippen LogP contribution < -0.4 is 19.7 Å². The molecule has 2 aliphatic heterocycles. The summed E-state index contributed by atoms with van der Waals surface area (Å²) in [7, 11) is 5.18. The number of piperazine rings is 1. The van der Waals surface area contributed by atoms with Gasteiger partial charge in [-0.05, 0) is 19.2 Å². The molecule has 2 fully saturated rings. The van der Waals surface area contributed by atoms with Crippen molar-refractivity contribution in [3.63, 3.8) is 0 Å². The number of benzene rings is 1. The summed E-state index contributed by atoms with van der Waals surface area (Å²) in [5.41, 5.74) is 0.740. The number of rotatable bonds is 4. The van der Waals surface area contributed by atoms with Crippen LogP contribution >= 0.6 is 0 Å². The molecular weight excluding hydrogens is 336 g/mol. The van der Waals surface area contributed by atoms with Gasteiger partial charge in [-0.3, -0.25) is 4.79 Å². The summed E-state index contributed by atoms with van der Waals surface area (Å²) in [4.78, 5) is 30.5. The van der Waals surface area contributed by atoms with Crippen LogP contribution in [0.15, 0.2) is 18.2 Å². The summed E-state index contributed by atoms with van der Waals surface area (Å²) in [6.07, 6.45) is 0.299. The van der Waals surface area contributed by atoms with Crippen molar-refractivity contribution in [1.82, 2.24) is 15.1 Å². The highest BCUT2D eigenvalue weighted by molar-refractivity contribution is 5.97. The first-order chi connectivity index (χ1) is 12.5. The number of anilines is 1. The van der Waals surface area contributed by atoms with Crippen molar-refractivity contribution in [2.45, 2.75) is 12.5 Å². The van der Waals surface area contributed by atoms with Crippen LogP contribution in [-0.4, -0.2) is 81.8 Å². The van der Waals surface area contributed by atoms with Crippen LogP contribution in [0, 0.1) is 0 Å². The normalized spacial score (nSPS) is 21.0. The molecule has 0 unspecified atom stereocenters. The quantitative estimate of drug-likeness (QED) is 0.856. The average molecular weight is 362 g/mol. The van der Waals surface area contributed by atoms with Gasteiger partial charge in [-0.15, -0.1) is 0 Å². The minimum absolute atomic E-state index is 0.0131. The van der Waals surface area contributed by atoms with E-state index in [1.807, 2.05) is 18.0 Å². The first-order valence-corrected chi connectivity index (χ1v) is 8.78. The first-order valence-electron chi connectivity index (χ1n) is 8.78. The lowest BCUT2D eigenvalue weighted by Crippen LogP contribution is -2.52. The molecule has 2 saturated heterocycles. The maximum atomic E-state index is 12.4. The Kier molecular flexibility index (Phi) is 5.51. The predicted octanol–water partition coefficient (Wildman–Crippen LogP) is 0.766. The van der Waals surface area contributed by atoms with Gasteiger partial charge in [-0.2, -0.15) is 0 Å². The van der Waals surface area contributed by atoms with Crippen molar-refractivity contribution in [2.24, 2.45) is 0 Å². The monoisotopic (exact) mass is 362 g/mol. The lowest BCUT2D eigenvalue weighted by molar-refractivity contribution is -0.117. The average Bonchev–Trinajstić information content (AvgIpc) is 3.01. The maximum absolute atomic E-state index is 12.4. The van der Waals surface area contributed by atoms with E-state index in [-0.39, 0.29) is 18.0 Å². The highest BCUT2D eigenvalue weighted by Gasteiger charge is 2.33. The van der Waals surface area contributed by atoms with Gasteiger partial charge in [-0.1, -0.05) is 0 Å². The Balaban J connectivity index is 1.62. The Labute approximate surface area is 153 Å².